The fraction of sp³-hybridized carbons (Fsp3) is 0.714. The SMILES string of the molecule is C#CCCCCOC. The summed E-state index contributed by atoms with van der Waals surface area (Å²) in [5.74, 6) is 2.57. The summed E-state index contributed by atoms with van der Waals surface area (Å²) in [5.41, 5.74) is 0. The minimum Gasteiger partial charge on any atom is -0.385 e. The van der Waals surface area contributed by atoms with Crippen LogP contribution in [0.2, 0.25) is 0 Å². The van der Waals surface area contributed by atoms with Gasteiger partial charge in [-0.15, -0.1) is 12.3 Å². The van der Waals surface area contributed by atoms with Gasteiger partial charge in [0.15, 0.2) is 0 Å². The molecule has 46 valence electrons. The van der Waals surface area contributed by atoms with Crippen LogP contribution in [0.4, 0.5) is 0 Å². The fourth-order valence-corrected chi connectivity index (χ4v) is 0.473. The van der Waals surface area contributed by atoms with Gasteiger partial charge < -0.3 is 4.74 Å². The lowest BCUT2D eigenvalue weighted by Gasteiger charge is -1.92. The van der Waals surface area contributed by atoms with Crippen LogP contribution in [0, 0.1) is 12.3 Å². The first-order valence-corrected chi connectivity index (χ1v) is 2.84. The van der Waals surface area contributed by atoms with Crippen LogP contribution in [-0.2, 0) is 4.74 Å². The number of methoxy groups -OCH3 is 1. The third-order valence-electron chi connectivity index (χ3n) is 0.920. The second-order valence-electron chi connectivity index (χ2n) is 1.65. The molecular formula is C7H12O. The lowest BCUT2D eigenvalue weighted by atomic mass is 10.2. The predicted molar refractivity (Wildman–Crippen MR) is 34.6 cm³/mol. The van der Waals surface area contributed by atoms with Crippen molar-refractivity contribution in [2.75, 3.05) is 13.7 Å². The van der Waals surface area contributed by atoms with Gasteiger partial charge in [0, 0.05) is 20.1 Å². The van der Waals surface area contributed by atoms with Crippen LogP contribution < -0.4 is 0 Å². The van der Waals surface area contributed by atoms with E-state index in [2.05, 4.69) is 5.92 Å². The van der Waals surface area contributed by atoms with Crippen molar-refractivity contribution in [3.05, 3.63) is 0 Å². The molecule has 0 aromatic heterocycles. The van der Waals surface area contributed by atoms with E-state index < -0.39 is 0 Å². The molecule has 0 aromatic carbocycles. The molecule has 0 bridgehead atoms. The van der Waals surface area contributed by atoms with Gasteiger partial charge in [-0.05, 0) is 12.8 Å². The maximum Gasteiger partial charge on any atom is 0.0462 e. The fourth-order valence-electron chi connectivity index (χ4n) is 0.473. The first-order chi connectivity index (χ1) is 3.91. The Morgan fingerprint density at radius 1 is 1.50 bits per heavy atom. The summed E-state index contributed by atoms with van der Waals surface area (Å²) in [6.45, 7) is 0.835. The van der Waals surface area contributed by atoms with Gasteiger partial charge in [0.25, 0.3) is 0 Å². The van der Waals surface area contributed by atoms with Crippen molar-refractivity contribution in [1.82, 2.24) is 0 Å². The normalized spacial score (nSPS) is 8.50. The van der Waals surface area contributed by atoms with Gasteiger partial charge in [0.1, 0.15) is 0 Å². The Morgan fingerprint density at radius 3 is 2.75 bits per heavy atom. The Bertz CT molecular complexity index is 70.9. The molecule has 0 aromatic rings. The molecule has 0 N–H and O–H groups in total. The van der Waals surface area contributed by atoms with Crippen LogP contribution in [0.3, 0.4) is 0 Å². The van der Waals surface area contributed by atoms with Crippen molar-refractivity contribution in [1.29, 1.82) is 0 Å². The van der Waals surface area contributed by atoms with E-state index in [0.717, 1.165) is 25.9 Å². The number of unbranched alkanes of at least 4 members (excludes halogenated alkanes) is 2. The van der Waals surface area contributed by atoms with Crippen LogP contribution in [0.15, 0.2) is 0 Å². The smallest absolute Gasteiger partial charge is 0.0462 e. The summed E-state index contributed by atoms with van der Waals surface area (Å²) in [6.07, 6.45) is 8.07. The molecule has 0 unspecified atom stereocenters. The summed E-state index contributed by atoms with van der Waals surface area (Å²) in [7, 11) is 1.70. The minimum absolute atomic E-state index is 0.835. The maximum absolute atomic E-state index is 5.02. The van der Waals surface area contributed by atoms with E-state index in [-0.39, 0.29) is 0 Å². The highest BCUT2D eigenvalue weighted by atomic mass is 16.5. The number of ether oxygens (including phenoxy) is 1. The van der Waals surface area contributed by atoms with E-state index in [1.807, 2.05) is 0 Å². The Kier molecular flexibility index (Phi) is 6.13. The molecule has 0 spiro atoms. The molecule has 0 amide bonds. The quantitative estimate of drug-likeness (QED) is 0.395. The highest BCUT2D eigenvalue weighted by Gasteiger charge is 1.81. The molecule has 1 nitrogen and oxygen atoms in total. The molecule has 0 aliphatic carbocycles. The topological polar surface area (TPSA) is 9.23 Å². The van der Waals surface area contributed by atoms with E-state index in [4.69, 9.17) is 11.2 Å². The third kappa shape index (κ3) is 5.52. The molecule has 0 saturated heterocycles. The lowest BCUT2D eigenvalue weighted by molar-refractivity contribution is 0.193. The summed E-state index contributed by atoms with van der Waals surface area (Å²) >= 11 is 0. The molecule has 0 fully saturated rings. The average Bonchev–Trinajstić information content (AvgIpc) is 1.81. The van der Waals surface area contributed by atoms with E-state index >= 15 is 0 Å². The summed E-state index contributed by atoms with van der Waals surface area (Å²) in [5, 5.41) is 0. The van der Waals surface area contributed by atoms with Gasteiger partial charge in [-0.25, -0.2) is 0 Å². The molecule has 0 radical (unpaired) electrons. The molecule has 0 aliphatic heterocycles. The number of terminal acetylenes is 1. The van der Waals surface area contributed by atoms with E-state index in [9.17, 15) is 0 Å². The number of hydrogen-bond donors (Lipinski definition) is 0. The van der Waals surface area contributed by atoms with Crippen LogP contribution in [-0.4, -0.2) is 13.7 Å². The first kappa shape index (κ1) is 7.52. The van der Waals surface area contributed by atoms with Crippen LogP contribution in [0.5, 0.6) is 0 Å². The minimum atomic E-state index is 0.835. The molecule has 0 rings (SSSR count). The van der Waals surface area contributed by atoms with Crippen LogP contribution >= 0.6 is 0 Å². The van der Waals surface area contributed by atoms with Crippen molar-refractivity contribution in [3.63, 3.8) is 0 Å². The highest BCUT2D eigenvalue weighted by molar-refractivity contribution is 4.82. The van der Waals surface area contributed by atoms with E-state index in [0.29, 0.717) is 0 Å². The standard InChI is InChI=1S/C7H12O/c1-3-4-5-6-7-8-2/h1H,4-7H2,2H3. The number of rotatable bonds is 4. The van der Waals surface area contributed by atoms with Crippen LogP contribution in [0.25, 0.3) is 0 Å². The zero-order valence-electron chi connectivity index (χ0n) is 5.31. The van der Waals surface area contributed by atoms with Gasteiger partial charge in [0.2, 0.25) is 0 Å². The maximum atomic E-state index is 5.02. The molecule has 8 heavy (non-hydrogen) atoms. The molecular weight excluding hydrogens is 100 g/mol. The highest BCUT2D eigenvalue weighted by Crippen LogP contribution is 1.91. The van der Waals surface area contributed by atoms with Gasteiger partial charge in [0.05, 0.1) is 0 Å². The number of hydrogen-bond acceptors (Lipinski definition) is 1. The van der Waals surface area contributed by atoms with Crippen molar-refractivity contribution in [2.24, 2.45) is 0 Å². The Balaban J connectivity index is 2.65. The Labute approximate surface area is 51.0 Å². The van der Waals surface area contributed by atoms with Crippen molar-refractivity contribution in [3.8, 4) is 12.3 Å². The van der Waals surface area contributed by atoms with E-state index in [1.54, 1.807) is 7.11 Å². The molecule has 0 heterocycles. The van der Waals surface area contributed by atoms with Gasteiger partial charge >= 0.3 is 0 Å². The first-order valence-electron chi connectivity index (χ1n) is 2.84. The second-order valence-corrected chi connectivity index (χ2v) is 1.65. The van der Waals surface area contributed by atoms with Crippen molar-refractivity contribution >= 4 is 0 Å². The summed E-state index contributed by atoms with van der Waals surface area (Å²) < 4.78 is 4.82. The van der Waals surface area contributed by atoms with Gasteiger partial charge in [-0.3, -0.25) is 0 Å². The monoisotopic (exact) mass is 112 g/mol. The molecule has 0 aliphatic rings. The van der Waals surface area contributed by atoms with Crippen LogP contribution in [0.1, 0.15) is 19.3 Å². The van der Waals surface area contributed by atoms with Gasteiger partial charge in [-0.2, -0.15) is 0 Å². The predicted octanol–water partition coefficient (Wildman–Crippen LogP) is 1.44. The summed E-state index contributed by atoms with van der Waals surface area (Å²) in [4.78, 5) is 0. The molecule has 1 heteroatoms. The van der Waals surface area contributed by atoms with Crippen molar-refractivity contribution < 1.29 is 4.74 Å². The van der Waals surface area contributed by atoms with Crippen molar-refractivity contribution in [2.45, 2.75) is 19.3 Å². The van der Waals surface area contributed by atoms with E-state index in [1.165, 1.54) is 0 Å². The zero-order valence-corrected chi connectivity index (χ0v) is 5.31. The lowest BCUT2D eigenvalue weighted by Crippen LogP contribution is -1.86. The Morgan fingerprint density at radius 2 is 2.25 bits per heavy atom. The second kappa shape index (κ2) is 6.52. The molecule has 0 saturated carbocycles. The zero-order chi connectivity index (χ0) is 6.24. The largest absolute Gasteiger partial charge is 0.385 e. The Hall–Kier alpha value is -0.480. The average molecular weight is 112 g/mol. The summed E-state index contributed by atoms with van der Waals surface area (Å²) in [6, 6.07) is 0. The third-order valence-corrected chi connectivity index (χ3v) is 0.920. The molecule has 0 atom stereocenters. The van der Waals surface area contributed by atoms with Gasteiger partial charge in [-0.1, -0.05) is 0 Å².